The number of piperidine rings is 1. The van der Waals surface area contributed by atoms with Crippen LogP contribution in [0.15, 0.2) is 23.3 Å². The van der Waals surface area contributed by atoms with Crippen LogP contribution in [0.3, 0.4) is 0 Å². The maximum Gasteiger partial charge on any atom is 0.237 e. The zero-order chi connectivity index (χ0) is 17.8. The Hall–Kier alpha value is -2.86. The van der Waals surface area contributed by atoms with Crippen LogP contribution in [-0.2, 0) is 4.79 Å². The molecule has 2 fully saturated rings. The first-order valence-corrected chi connectivity index (χ1v) is 8.65. The quantitative estimate of drug-likeness (QED) is 0.676. The Labute approximate surface area is 147 Å². The van der Waals surface area contributed by atoms with Crippen molar-refractivity contribution in [3.05, 3.63) is 29.3 Å². The maximum absolute atomic E-state index is 12.1. The van der Waals surface area contributed by atoms with E-state index >= 15 is 0 Å². The van der Waals surface area contributed by atoms with Crippen molar-refractivity contribution in [2.24, 2.45) is 11.0 Å². The van der Waals surface area contributed by atoms with Gasteiger partial charge in [-0.15, -0.1) is 0 Å². The molecule has 1 aromatic rings. The summed E-state index contributed by atoms with van der Waals surface area (Å²) in [6, 6.07) is 9.57. The molecule has 3 rings (SSSR count). The highest BCUT2D eigenvalue weighted by molar-refractivity contribution is 6.10. The molecular formula is C19H21N5O. The number of hydrogen-bond donors (Lipinski definition) is 1. The van der Waals surface area contributed by atoms with Crippen LogP contribution in [0.4, 0.5) is 5.69 Å². The molecule has 25 heavy (non-hydrogen) atoms. The molecule has 6 heteroatoms. The third kappa shape index (κ3) is 3.97. The summed E-state index contributed by atoms with van der Waals surface area (Å²) < 4.78 is 0. The Morgan fingerprint density at radius 1 is 1.20 bits per heavy atom. The first-order chi connectivity index (χ1) is 12.1. The number of hydrogen-bond acceptors (Lipinski definition) is 5. The highest BCUT2D eigenvalue weighted by Gasteiger charge is 2.35. The molecule has 6 nitrogen and oxygen atoms in total. The average molecular weight is 335 g/mol. The van der Waals surface area contributed by atoms with Gasteiger partial charge in [-0.25, -0.2) is 0 Å². The van der Waals surface area contributed by atoms with Gasteiger partial charge < -0.3 is 4.90 Å². The van der Waals surface area contributed by atoms with Gasteiger partial charge in [-0.3, -0.25) is 10.2 Å². The van der Waals surface area contributed by atoms with Crippen LogP contribution >= 0.6 is 0 Å². The Bertz CT molecular complexity index is 758. The summed E-state index contributed by atoms with van der Waals surface area (Å²) in [6.45, 7) is 3.67. The Morgan fingerprint density at radius 2 is 1.88 bits per heavy atom. The predicted molar refractivity (Wildman–Crippen MR) is 94.7 cm³/mol. The molecule has 1 amide bonds. The number of anilines is 1. The predicted octanol–water partition coefficient (Wildman–Crippen LogP) is 2.93. The van der Waals surface area contributed by atoms with Gasteiger partial charge in [-0.1, -0.05) is 12.1 Å². The van der Waals surface area contributed by atoms with E-state index in [2.05, 4.69) is 22.7 Å². The summed E-state index contributed by atoms with van der Waals surface area (Å²) >= 11 is 0. The van der Waals surface area contributed by atoms with Gasteiger partial charge in [-0.05, 0) is 55.7 Å². The van der Waals surface area contributed by atoms with Crippen LogP contribution in [0.5, 0.6) is 0 Å². The number of rotatable bonds is 4. The van der Waals surface area contributed by atoms with E-state index in [4.69, 9.17) is 10.5 Å². The second-order valence-corrected chi connectivity index (χ2v) is 6.74. The highest BCUT2D eigenvalue weighted by atomic mass is 16.2. The van der Waals surface area contributed by atoms with E-state index in [0.717, 1.165) is 50.0 Å². The monoisotopic (exact) mass is 335 g/mol. The number of nitriles is 2. The van der Waals surface area contributed by atoms with Gasteiger partial charge in [0.1, 0.15) is 12.1 Å². The summed E-state index contributed by atoms with van der Waals surface area (Å²) in [5.74, 6) is 1.11. The molecule has 1 saturated heterocycles. The van der Waals surface area contributed by atoms with Gasteiger partial charge in [-0.2, -0.15) is 15.6 Å². The smallest absolute Gasteiger partial charge is 0.237 e. The van der Waals surface area contributed by atoms with Crippen molar-refractivity contribution >= 4 is 17.3 Å². The number of aryl methyl sites for hydroxylation is 1. The van der Waals surface area contributed by atoms with Crippen molar-refractivity contribution in [2.75, 3.05) is 18.5 Å². The fourth-order valence-electron chi connectivity index (χ4n) is 3.28. The molecule has 0 spiro atoms. The van der Waals surface area contributed by atoms with Gasteiger partial charge in [0.2, 0.25) is 11.6 Å². The molecule has 1 aromatic carbocycles. The molecule has 1 aliphatic carbocycles. The van der Waals surface area contributed by atoms with E-state index in [-0.39, 0.29) is 5.71 Å². The molecule has 0 atom stereocenters. The number of amides is 1. The lowest BCUT2D eigenvalue weighted by atomic mass is 9.88. The number of nitrogens with zero attached hydrogens (tertiary/aromatic N) is 4. The first kappa shape index (κ1) is 17.0. The number of carbonyl (C=O) groups is 1. The van der Waals surface area contributed by atoms with Crippen molar-refractivity contribution in [3.63, 3.8) is 0 Å². The Morgan fingerprint density at radius 3 is 2.44 bits per heavy atom. The molecule has 0 bridgehead atoms. The molecule has 1 heterocycles. The van der Waals surface area contributed by atoms with Gasteiger partial charge >= 0.3 is 0 Å². The summed E-state index contributed by atoms with van der Waals surface area (Å²) in [7, 11) is 0. The van der Waals surface area contributed by atoms with Crippen LogP contribution in [0, 0.1) is 35.5 Å². The Kier molecular flexibility index (Phi) is 5.00. The van der Waals surface area contributed by atoms with E-state index < -0.39 is 0 Å². The van der Waals surface area contributed by atoms with E-state index in [1.165, 1.54) is 5.56 Å². The number of carbonyl (C=O) groups excluding carboxylic acids is 1. The summed E-state index contributed by atoms with van der Waals surface area (Å²) in [4.78, 5) is 14.2. The van der Waals surface area contributed by atoms with Crippen LogP contribution in [0.1, 0.15) is 42.7 Å². The summed E-state index contributed by atoms with van der Waals surface area (Å²) in [5, 5.41) is 21.2. The van der Waals surface area contributed by atoms with Crippen molar-refractivity contribution < 1.29 is 4.79 Å². The molecular weight excluding hydrogens is 314 g/mol. The van der Waals surface area contributed by atoms with E-state index in [1.807, 2.05) is 17.9 Å². The lowest BCUT2D eigenvalue weighted by molar-refractivity contribution is -0.133. The second-order valence-electron chi connectivity index (χ2n) is 6.74. The molecule has 1 aliphatic heterocycles. The normalized spacial score (nSPS) is 17.3. The van der Waals surface area contributed by atoms with Crippen molar-refractivity contribution in [1.29, 1.82) is 10.5 Å². The molecule has 0 radical (unpaired) electrons. The fourth-order valence-corrected chi connectivity index (χ4v) is 3.28. The SMILES string of the molecule is Cc1cc(C2CCN(C(=O)C3CC3)CC2)ccc1NN=C(C#N)C#N. The largest absolute Gasteiger partial charge is 0.342 e. The summed E-state index contributed by atoms with van der Waals surface area (Å²) in [5.41, 5.74) is 5.65. The highest BCUT2D eigenvalue weighted by Crippen LogP contribution is 2.35. The lowest BCUT2D eigenvalue weighted by Gasteiger charge is -2.32. The van der Waals surface area contributed by atoms with E-state index in [1.54, 1.807) is 12.1 Å². The lowest BCUT2D eigenvalue weighted by Crippen LogP contribution is -2.38. The van der Waals surface area contributed by atoms with Crippen molar-refractivity contribution in [2.45, 2.75) is 38.5 Å². The molecule has 0 unspecified atom stereocenters. The zero-order valence-electron chi connectivity index (χ0n) is 14.3. The van der Waals surface area contributed by atoms with Gasteiger partial charge in [0, 0.05) is 19.0 Å². The minimum Gasteiger partial charge on any atom is -0.342 e. The number of nitrogens with one attached hydrogen (secondary N) is 1. The number of benzene rings is 1. The zero-order valence-corrected chi connectivity index (χ0v) is 14.3. The third-order valence-corrected chi connectivity index (χ3v) is 4.96. The molecule has 128 valence electrons. The van der Waals surface area contributed by atoms with Crippen LogP contribution in [0.25, 0.3) is 0 Å². The standard InChI is InChI=1S/C19H21N5O/c1-13-10-16(4-5-18(13)23-22-17(11-20)12-21)14-6-8-24(9-7-14)19(25)15-2-3-15/h4-5,10,14-15,23H,2-3,6-9H2,1H3. The second kappa shape index (κ2) is 7.36. The topological polar surface area (TPSA) is 92.3 Å². The fraction of sp³-hybridized carbons (Fsp3) is 0.474. The third-order valence-electron chi connectivity index (χ3n) is 4.96. The van der Waals surface area contributed by atoms with Gasteiger partial charge in [0.15, 0.2) is 0 Å². The van der Waals surface area contributed by atoms with Crippen molar-refractivity contribution in [1.82, 2.24) is 4.90 Å². The molecule has 2 aliphatic rings. The van der Waals surface area contributed by atoms with E-state index in [0.29, 0.717) is 17.7 Å². The van der Waals surface area contributed by atoms with Crippen LogP contribution in [-0.4, -0.2) is 29.6 Å². The van der Waals surface area contributed by atoms with Crippen LogP contribution in [0.2, 0.25) is 0 Å². The first-order valence-electron chi connectivity index (χ1n) is 8.65. The van der Waals surface area contributed by atoms with E-state index in [9.17, 15) is 4.79 Å². The molecule has 0 aromatic heterocycles. The summed E-state index contributed by atoms with van der Waals surface area (Å²) in [6.07, 6.45) is 4.12. The minimum absolute atomic E-state index is 0.198. The average Bonchev–Trinajstić information content (AvgIpc) is 3.48. The molecule has 1 saturated carbocycles. The van der Waals surface area contributed by atoms with Gasteiger partial charge in [0.05, 0.1) is 5.69 Å². The number of hydrazone groups is 1. The van der Waals surface area contributed by atoms with Crippen molar-refractivity contribution in [3.8, 4) is 12.1 Å². The van der Waals surface area contributed by atoms with Gasteiger partial charge in [0.25, 0.3) is 0 Å². The molecule has 1 N–H and O–H groups in total. The maximum atomic E-state index is 12.1. The minimum atomic E-state index is -0.198. The van der Waals surface area contributed by atoms with Crippen LogP contribution < -0.4 is 5.43 Å². The Balaban J connectivity index is 1.61. The number of likely N-dealkylation sites (tertiary alicyclic amines) is 1.